The number of para-hydroxylation sites is 4. The van der Waals surface area contributed by atoms with E-state index in [-0.39, 0.29) is 0 Å². The van der Waals surface area contributed by atoms with Crippen LogP contribution < -0.4 is 10.2 Å². The van der Waals surface area contributed by atoms with Gasteiger partial charge in [0, 0.05) is 0 Å². The Balaban J connectivity index is 2.19. The Labute approximate surface area is 93.3 Å². The summed E-state index contributed by atoms with van der Waals surface area (Å²) in [5.74, 6) is 0. The van der Waals surface area contributed by atoms with Gasteiger partial charge in [-0.2, -0.15) is 0 Å². The summed E-state index contributed by atoms with van der Waals surface area (Å²) in [6.07, 6.45) is 0. The number of benzene rings is 2. The normalized spacial score (nSPS) is 12.7. The highest BCUT2D eigenvalue weighted by molar-refractivity contribution is 5.91. The number of hydrogen-bond acceptors (Lipinski definition) is 2. The van der Waals surface area contributed by atoms with Gasteiger partial charge in [-0.3, -0.25) is 0 Å². The minimum atomic E-state index is -0.518. The number of halogens is 1. The third-order valence-corrected chi connectivity index (χ3v) is 2.78. The number of anilines is 4. The quantitative estimate of drug-likeness (QED) is 0.726. The highest BCUT2D eigenvalue weighted by Crippen LogP contribution is 2.42. The third-order valence-electron chi connectivity index (χ3n) is 2.78. The number of hydrogen-bond donors (Lipinski definition) is 1. The van der Waals surface area contributed by atoms with Gasteiger partial charge in [-0.15, -0.1) is 0 Å². The zero-order valence-corrected chi connectivity index (χ0v) is 8.65. The fourth-order valence-electron chi connectivity index (χ4n) is 2.03. The maximum absolute atomic E-state index is 13.1. The van der Waals surface area contributed by atoms with E-state index in [9.17, 15) is 4.39 Å². The maximum Gasteiger partial charge on any atom is 0.166 e. The van der Waals surface area contributed by atoms with Gasteiger partial charge in [0.15, 0.2) is 6.80 Å². The Bertz CT molecular complexity index is 479. The average molecular weight is 214 g/mol. The predicted molar refractivity (Wildman–Crippen MR) is 64.3 cm³/mol. The van der Waals surface area contributed by atoms with E-state index in [2.05, 4.69) is 5.32 Å². The SMILES string of the molecule is FCN1c2ccccc2Nc2ccccc21. The second-order valence-corrected chi connectivity index (χ2v) is 3.71. The van der Waals surface area contributed by atoms with Crippen molar-refractivity contribution in [3.63, 3.8) is 0 Å². The molecule has 0 saturated carbocycles. The van der Waals surface area contributed by atoms with E-state index in [1.807, 2.05) is 48.5 Å². The van der Waals surface area contributed by atoms with Gasteiger partial charge in [0.1, 0.15) is 0 Å². The van der Waals surface area contributed by atoms with Crippen LogP contribution in [-0.4, -0.2) is 6.80 Å². The van der Waals surface area contributed by atoms with Crippen molar-refractivity contribution in [1.29, 1.82) is 0 Å². The van der Waals surface area contributed by atoms with Crippen molar-refractivity contribution in [3.8, 4) is 0 Å². The highest BCUT2D eigenvalue weighted by atomic mass is 19.1. The first-order valence-corrected chi connectivity index (χ1v) is 5.19. The number of fused-ring (bicyclic) bond motifs is 2. The van der Waals surface area contributed by atoms with Crippen molar-refractivity contribution in [3.05, 3.63) is 48.5 Å². The van der Waals surface area contributed by atoms with Gasteiger partial charge >= 0.3 is 0 Å². The molecular weight excluding hydrogens is 203 g/mol. The lowest BCUT2D eigenvalue weighted by Gasteiger charge is -2.31. The van der Waals surface area contributed by atoms with E-state index >= 15 is 0 Å². The zero-order valence-electron chi connectivity index (χ0n) is 8.65. The molecule has 0 fully saturated rings. The van der Waals surface area contributed by atoms with Crippen LogP contribution in [0.25, 0.3) is 0 Å². The van der Waals surface area contributed by atoms with Crippen molar-refractivity contribution in [2.75, 3.05) is 17.0 Å². The fourth-order valence-corrected chi connectivity index (χ4v) is 2.03. The summed E-state index contributed by atoms with van der Waals surface area (Å²) in [6.45, 7) is -0.518. The van der Waals surface area contributed by atoms with Gasteiger partial charge in [0.05, 0.1) is 22.7 Å². The van der Waals surface area contributed by atoms with Crippen LogP contribution in [0.5, 0.6) is 0 Å². The number of rotatable bonds is 1. The maximum atomic E-state index is 13.1. The van der Waals surface area contributed by atoms with Crippen molar-refractivity contribution >= 4 is 22.7 Å². The Kier molecular flexibility index (Phi) is 2.03. The van der Waals surface area contributed by atoms with Gasteiger partial charge < -0.3 is 10.2 Å². The summed E-state index contributed by atoms with van der Waals surface area (Å²) >= 11 is 0. The van der Waals surface area contributed by atoms with Gasteiger partial charge in [0.2, 0.25) is 0 Å². The first kappa shape index (κ1) is 9.21. The molecule has 16 heavy (non-hydrogen) atoms. The lowest BCUT2D eigenvalue weighted by atomic mass is 10.1. The second-order valence-electron chi connectivity index (χ2n) is 3.71. The van der Waals surface area contributed by atoms with Crippen LogP contribution in [0.3, 0.4) is 0 Å². The number of nitrogens with one attached hydrogen (secondary N) is 1. The number of alkyl halides is 1. The minimum Gasteiger partial charge on any atom is -0.352 e. The lowest BCUT2D eigenvalue weighted by Crippen LogP contribution is -2.21. The van der Waals surface area contributed by atoms with E-state index < -0.39 is 6.80 Å². The summed E-state index contributed by atoms with van der Waals surface area (Å²) in [4.78, 5) is 1.67. The Morgan fingerprint density at radius 3 is 1.88 bits per heavy atom. The van der Waals surface area contributed by atoms with Crippen molar-refractivity contribution in [1.82, 2.24) is 0 Å². The molecule has 3 heteroatoms. The van der Waals surface area contributed by atoms with Gasteiger partial charge in [0.25, 0.3) is 0 Å². The number of nitrogens with zero attached hydrogens (tertiary/aromatic N) is 1. The summed E-state index contributed by atoms with van der Waals surface area (Å²) in [5, 5.41) is 3.30. The molecule has 1 heterocycles. The molecule has 0 atom stereocenters. The zero-order chi connectivity index (χ0) is 11.0. The monoisotopic (exact) mass is 214 g/mol. The summed E-state index contributed by atoms with van der Waals surface area (Å²) in [6, 6.07) is 15.4. The van der Waals surface area contributed by atoms with Gasteiger partial charge in [-0.05, 0) is 24.3 Å². The molecule has 2 aromatic carbocycles. The lowest BCUT2D eigenvalue weighted by molar-refractivity contribution is 0.502. The van der Waals surface area contributed by atoms with Crippen LogP contribution in [0.1, 0.15) is 0 Å². The molecule has 2 aromatic rings. The van der Waals surface area contributed by atoms with Crippen LogP contribution in [0.2, 0.25) is 0 Å². The summed E-state index contributed by atoms with van der Waals surface area (Å²) < 4.78 is 13.1. The van der Waals surface area contributed by atoms with Crippen LogP contribution >= 0.6 is 0 Å². The molecular formula is C13H11FN2. The van der Waals surface area contributed by atoms with Gasteiger partial charge in [-0.1, -0.05) is 24.3 Å². The molecule has 0 aromatic heterocycles. The van der Waals surface area contributed by atoms with E-state index in [1.165, 1.54) is 0 Å². The molecule has 0 amide bonds. The first-order chi connectivity index (χ1) is 7.90. The predicted octanol–water partition coefficient (Wildman–Crippen LogP) is 3.81. The molecule has 1 N–H and O–H groups in total. The molecule has 0 bridgehead atoms. The Morgan fingerprint density at radius 1 is 0.875 bits per heavy atom. The fraction of sp³-hybridized carbons (Fsp3) is 0.0769. The first-order valence-electron chi connectivity index (χ1n) is 5.19. The van der Waals surface area contributed by atoms with Crippen LogP contribution in [-0.2, 0) is 0 Å². The second kappa shape index (κ2) is 3.52. The van der Waals surface area contributed by atoms with Crippen molar-refractivity contribution in [2.45, 2.75) is 0 Å². The molecule has 2 nitrogen and oxygen atoms in total. The highest BCUT2D eigenvalue weighted by Gasteiger charge is 2.20. The van der Waals surface area contributed by atoms with E-state index in [1.54, 1.807) is 4.90 Å². The van der Waals surface area contributed by atoms with Crippen molar-refractivity contribution in [2.24, 2.45) is 0 Å². The molecule has 0 unspecified atom stereocenters. The van der Waals surface area contributed by atoms with Crippen LogP contribution in [0.4, 0.5) is 27.1 Å². The molecule has 80 valence electrons. The molecule has 1 aliphatic rings. The standard InChI is InChI=1S/C13H11FN2/c14-9-16-12-7-3-1-5-10(12)15-11-6-2-4-8-13(11)16/h1-8,15H,9H2. The Hall–Kier alpha value is -2.03. The summed E-state index contributed by atoms with van der Waals surface area (Å²) in [7, 11) is 0. The largest absolute Gasteiger partial charge is 0.352 e. The molecule has 1 aliphatic heterocycles. The third kappa shape index (κ3) is 1.25. The van der Waals surface area contributed by atoms with E-state index in [4.69, 9.17) is 0 Å². The van der Waals surface area contributed by atoms with Crippen molar-refractivity contribution < 1.29 is 4.39 Å². The molecule has 3 rings (SSSR count). The molecule has 0 radical (unpaired) electrons. The minimum absolute atomic E-state index is 0.518. The molecule has 0 saturated heterocycles. The van der Waals surface area contributed by atoms with Crippen LogP contribution in [0, 0.1) is 0 Å². The molecule has 0 spiro atoms. The van der Waals surface area contributed by atoms with E-state index in [0.717, 1.165) is 22.7 Å². The summed E-state index contributed by atoms with van der Waals surface area (Å²) in [5.41, 5.74) is 3.64. The van der Waals surface area contributed by atoms with Gasteiger partial charge in [-0.25, -0.2) is 4.39 Å². The topological polar surface area (TPSA) is 15.3 Å². The van der Waals surface area contributed by atoms with E-state index in [0.29, 0.717) is 0 Å². The Morgan fingerprint density at radius 2 is 1.38 bits per heavy atom. The average Bonchev–Trinajstić information content (AvgIpc) is 2.36. The van der Waals surface area contributed by atoms with Crippen LogP contribution in [0.15, 0.2) is 48.5 Å². The smallest absolute Gasteiger partial charge is 0.166 e. The molecule has 0 aliphatic carbocycles.